The monoisotopic (exact) mass is 348 g/mol. The molecule has 0 aromatic heterocycles. The summed E-state index contributed by atoms with van der Waals surface area (Å²) >= 11 is 0. The Balaban J connectivity index is 2.33. The molecule has 0 aromatic rings. The first kappa shape index (κ1) is 21.0. The van der Waals surface area contributed by atoms with Crippen LogP contribution in [-0.4, -0.2) is 75.4 Å². The van der Waals surface area contributed by atoms with Crippen LogP contribution in [0.25, 0.3) is 0 Å². The predicted octanol–water partition coefficient (Wildman–Crippen LogP) is -0.360. The van der Waals surface area contributed by atoms with Crippen LogP contribution in [-0.2, 0) is 14.3 Å². The number of hydrogen-bond acceptors (Lipinski definition) is 7. The van der Waals surface area contributed by atoms with Crippen molar-refractivity contribution in [1.82, 2.24) is 0 Å². The number of carboxylic acid groups (broad SMARTS) is 1. The molecule has 1 heterocycles. The molecule has 0 amide bonds. The third kappa shape index (κ3) is 6.12. The van der Waals surface area contributed by atoms with Crippen LogP contribution in [0.5, 0.6) is 0 Å². The van der Waals surface area contributed by atoms with Crippen LogP contribution in [0.4, 0.5) is 0 Å². The molecule has 0 unspecified atom stereocenters. The van der Waals surface area contributed by atoms with E-state index in [2.05, 4.69) is 0 Å². The Morgan fingerprint density at radius 2 is 1.88 bits per heavy atom. The predicted molar refractivity (Wildman–Crippen MR) is 84.1 cm³/mol. The molecule has 1 aliphatic heterocycles. The summed E-state index contributed by atoms with van der Waals surface area (Å²) in [6.07, 6.45) is -2.53. The van der Waals surface area contributed by atoms with Gasteiger partial charge in [-0.3, -0.25) is 0 Å². The van der Waals surface area contributed by atoms with Gasteiger partial charge in [0.05, 0.1) is 13.2 Å². The highest BCUT2D eigenvalue weighted by Gasteiger charge is 2.43. The summed E-state index contributed by atoms with van der Waals surface area (Å²) in [5, 5.41) is 47.0. The summed E-state index contributed by atoms with van der Waals surface area (Å²) in [5.41, 5.74) is 0.319. The quantitative estimate of drug-likeness (QED) is 0.356. The van der Waals surface area contributed by atoms with Gasteiger partial charge in [0.25, 0.3) is 0 Å². The second kappa shape index (κ2) is 10.1. The van der Waals surface area contributed by atoms with E-state index in [9.17, 15) is 20.1 Å². The van der Waals surface area contributed by atoms with Crippen molar-refractivity contribution in [2.75, 3.05) is 13.2 Å². The Bertz CT molecular complexity index is 422. The van der Waals surface area contributed by atoms with E-state index in [1.165, 1.54) is 0 Å². The zero-order valence-electron chi connectivity index (χ0n) is 14.0. The minimum absolute atomic E-state index is 0.269. The molecule has 0 bridgehead atoms. The lowest BCUT2D eigenvalue weighted by Gasteiger charge is -2.39. The van der Waals surface area contributed by atoms with Crippen LogP contribution in [0.15, 0.2) is 11.6 Å². The molecule has 0 spiro atoms. The SMILES string of the molecule is CC(=CCC[C@@H](C)CCO[C@@H]1O[C@H](CO)[C@@H](O)[C@H](O)[C@H]1O)C(=O)O. The summed E-state index contributed by atoms with van der Waals surface area (Å²) in [6.45, 7) is 3.33. The molecule has 1 aliphatic rings. The summed E-state index contributed by atoms with van der Waals surface area (Å²) in [7, 11) is 0. The van der Waals surface area contributed by atoms with E-state index in [1.54, 1.807) is 13.0 Å². The van der Waals surface area contributed by atoms with E-state index >= 15 is 0 Å². The number of aliphatic carboxylic acids is 1. The Kier molecular flexibility index (Phi) is 8.82. The van der Waals surface area contributed by atoms with Gasteiger partial charge in [0.1, 0.15) is 24.4 Å². The first-order valence-electron chi connectivity index (χ1n) is 8.10. The summed E-state index contributed by atoms with van der Waals surface area (Å²) in [5.74, 6) is -0.652. The number of carbonyl (C=O) groups is 1. The van der Waals surface area contributed by atoms with Crippen molar-refractivity contribution in [2.24, 2.45) is 5.92 Å². The van der Waals surface area contributed by atoms with Crippen molar-refractivity contribution < 1.29 is 39.8 Å². The zero-order valence-corrected chi connectivity index (χ0v) is 14.0. The highest BCUT2D eigenvalue weighted by molar-refractivity contribution is 5.85. The van der Waals surface area contributed by atoms with Crippen molar-refractivity contribution in [1.29, 1.82) is 0 Å². The van der Waals surface area contributed by atoms with Crippen LogP contribution >= 0.6 is 0 Å². The smallest absolute Gasteiger partial charge is 0.330 e. The van der Waals surface area contributed by atoms with E-state index in [4.69, 9.17) is 19.7 Å². The number of carboxylic acids is 1. The van der Waals surface area contributed by atoms with Crippen molar-refractivity contribution >= 4 is 5.97 Å². The summed E-state index contributed by atoms with van der Waals surface area (Å²) in [6, 6.07) is 0. The molecule has 5 N–H and O–H groups in total. The molecule has 6 atom stereocenters. The molecule has 8 nitrogen and oxygen atoms in total. The number of allylic oxidation sites excluding steroid dienone is 1. The number of rotatable bonds is 9. The van der Waals surface area contributed by atoms with Crippen molar-refractivity contribution in [3.05, 3.63) is 11.6 Å². The van der Waals surface area contributed by atoms with Gasteiger partial charge in [-0.15, -0.1) is 0 Å². The maximum Gasteiger partial charge on any atom is 0.330 e. The summed E-state index contributed by atoms with van der Waals surface area (Å²) in [4.78, 5) is 10.7. The van der Waals surface area contributed by atoms with Gasteiger partial charge < -0.3 is 35.0 Å². The molecule has 24 heavy (non-hydrogen) atoms. The van der Waals surface area contributed by atoms with Gasteiger partial charge in [0, 0.05) is 5.57 Å². The van der Waals surface area contributed by atoms with E-state index in [1.807, 2.05) is 6.92 Å². The summed E-state index contributed by atoms with van der Waals surface area (Å²) < 4.78 is 10.7. The van der Waals surface area contributed by atoms with Crippen LogP contribution in [0.3, 0.4) is 0 Å². The normalized spacial score (nSPS) is 32.6. The standard InChI is InChI=1S/C16H28O8/c1-9(4-3-5-10(2)15(21)22)6-7-23-16-14(20)13(19)12(18)11(8-17)24-16/h5,9,11-14,16-20H,3-4,6-8H2,1-2H3,(H,21,22)/t9-,11-,12-,13+,14-,16-/m1/s1. The Labute approximate surface area is 141 Å². The van der Waals surface area contributed by atoms with Crippen LogP contribution in [0, 0.1) is 5.92 Å². The lowest BCUT2D eigenvalue weighted by atomic mass is 9.99. The minimum Gasteiger partial charge on any atom is -0.478 e. The largest absolute Gasteiger partial charge is 0.478 e. The van der Waals surface area contributed by atoms with Crippen LogP contribution < -0.4 is 0 Å². The number of hydrogen-bond donors (Lipinski definition) is 5. The minimum atomic E-state index is -1.44. The Morgan fingerprint density at radius 1 is 1.21 bits per heavy atom. The molecule has 1 fully saturated rings. The maximum atomic E-state index is 10.7. The van der Waals surface area contributed by atoms with E-state index in [-0.39, 0.29) is 12.5 Å². The average molecular weight is 348 g/mol. The van der Waals surface area contributed by atoms with E-state index in [0.29, 0.717) is 18.4 Å². The third-order valence-electron chi connectivity index (χ3n) is 4.19. The van der Waals surface area contributed by atoms with E-state index < -0.39 is 43.3 Å². The number of aliphatic hydroxyl groups is 4. The van der Waals surface area contributed by atoms with Gasteiger partial charge in [0.2, 0.25) is 0 Å². The topological polar surface area (TPSA) is 137 Å². The molecule has 140 valence electrons. The molecule has 1 saturated heterocycles. The number of aliphatic hydroxyl groups excluding tert-OH is 4. The lowest BCUT2D eigenvalue weighted by Crippen LogP contribution is -2.59. The molecule has 0 aromatic carbocycles. The Hall–Kier alpha value is -1.03. The third-order valence-corrected chi connectivity index (χ3v) is 4.19. The molecule has 0 radical (unpaired) electrons. The van der Waals surface area contributed by atoms with Gasteiger partial charge in [-0.05, 0) is 32.1 Å². The Morgan fingerprint density at radius 3 is 2.46 bits per heavy atom. The van der Waals surface area contributed by atoms with Crippen LogP contribution in [0.1, 0.15) is 33.1 Å². The van der Waals surface area contributed by atoms with Crippen LogP contribution in [0.2, 0.25) is 0 Å². The van der Waals surface area contributed by atoms with Gasteiger partial charge >= 0.3 is 5.97 Å². The number of ether oxygens (including phenoxy) is 2. The van der Waals surface area contributed by atoms with Gasteiger partial charge in [0.15, 0.2) is 6.29 Å². The molecular weight excluding hydrogens is 320 g/mol. The van der Waals surface area contributed by atoms with Gasteiger partial charge in [-0.25, -0.2) is 4.79 Å². The molecule has 1 rings (SSSR count). The highest BCUT2D eigenvalue weighted by atomic mass is 16.7. The fourth-order valence-corrected chi connectivity index (χ4v) is 2.41. The van der Waals surface area contributed by atoms with E-state index in [0.717, 1.165) is 6.42 Å². The molecule has 0 aliphatic carbocycles. The van der Waals surface area contributed by atoms with Gasteiger partial charge in [-0.1, -0.05) is 13.0 Å². The second-order valence-electron chi connectivity index (χ2n) is 6.23. The zero-order chi connectivity index (χ0) is 18.3. The highest BCUT2D eigenvalue weighted by Crippen LogP contribution is 2.22. The lowest BCUT2D eigenvalue weighted by molar-refractivity contribution is -0.301. The first-order chi connectivity index (χ1) is 11.3. The van der Waals surface area contributed by atoms with Crippen molar-refractivity contribution in [2.45, 2.75) is 63.8 Å². The molecule has 0 saturated carbocycles. The van der Waals surface area contributed by atoms with Crippen molar-refractivity contribution in [3.63, 3.8) is 0 Å². The van der Waals surface area contributed by atoms with Crippen molar-refractivity contribution in [3.8, 4) is 0 Å². The average Bonchev–Trinajstić information content (AvgIpc) is 2.54. The molecule has 8 heteroatoms. The fraction of sp³-hybridized carbons (Fsp3) is 0.812. The fourth-order valence-electron chi connectivity index (χ4n) is 2.41. The molecular formula is C16H28O8. The van der Waals surface area contributed by atoms with Gasteiger partial charge in [-0.2, -0.15) is 0 Å². The first-order valence-corrected chi connectivity index (χ1v) is 8.10. The maximum absolute atomic E-state index is 10.7. The second-order valence-corrected chi connectivity index (χ2v) is 6.23.